The Hall–Kier alpha value is -1.00. The van der Waals surface area contributed by atoms with Crippen LogP contribution in [0, 0.1) is 0 Å². The molecule has 0 spiro atoms. The van der Waals surface area contributed by atoms with Crippen molar-refractivity contribution in [1.29, 1.82) is 0 Å². The van der Waals surface area contributed by atoms with E-state index < -0.39 is 0 Å². The van der Waals surface area contributed by atoms with Gasteiger partial charge in [-0.2, -0.15) is 0 Å². The fourth-order valence-corrected chi connectivity index (χ4v) is 2.51. The highest BCUT2D eigenvalue weighted by Crippen LogP contribution is 2.28. The van der Waals surface area contributed by atoms with Gasteiger partial charge in [0.15, 0.2) is 5.82 Å². The zero-order valence-corrected chi connectivity index (χ0v) is 12.5. The number of nitrogens with zero attached hydrogens (tertiary/aromatic N) is 2. The number of fused-ring (bicyclic) bond motifs is 1. The topological polar surface area (TPSA) is 47.0 Å². The first-order valence-corrected chi connectivity index (χ1v) is 7.29. The van der Waals surface area contributed by atoms with Crippen LogP contribution in [0.1, 0.15) is 56.4 Å². The van der Waals surface area contributed by atoms with Crippen LogP contribution in [0.2, 0.25) is 0 Å². The van der Waals surface area contributed by atoms with Crippen LogP contribution >= 0.6 is 0 Å². The second-order valence-corrected chi connectivity index (χ2v) is 5.38. The molecule has 1 aliphatic rings. The van der Waals surface area contributed by atoms with Crippen LogP contribution < -0.4 is 5.32 Å². The van der Waals surface area contributed by atoms with Gasteiger partial charge in [-0.15, -0.1) is 0 Å². The molecule has 0 aromatic carbocycles. The third-order valence-electron chi connectivity index (χ3n) is 4.11. The molecule has 1 aromatic heterocycles. The molecular formula is C15H25N3O. The lowest BCUT2D eigenvalue weighted by Crippen LogP contribution is -2.32. The lowest BCUT2D eigenvalue weighted by molar-refractivity contribution is -0.00942. The van der Waals surface area contributed by atoms with E-state index in [4.69, 9.17) is 14.7 Å². The summed E-state index contributed by atoms with van der Waals surface area (Å²) < 4.78 is 5.65. The molecule has 1 aromatic rings. The molecule has 1 unspecified atom stereocenters. The number of nitrogens with one attached hydrogen (secondary N) is 1. The van der Waals surface area contributed by atoms with Crippen molar-refractivity contribution in [2.24, 2.45) is 0 Å². The van der Waals surface area contributed by atoms with Gasteiger partial charge in [0.25, 0.3) is 0 Å². The first-order chi connectivity index (χ1) is 9.14. The van der Waals surface area contributed by atoms with Gasteiger partial charge in [0, 0.05) is 19.3 Å². The summed E-state index contributed by atoms with van der Waals surface area (Å²) in [5, 5.41) is 3.39. The minimum atomic E-state index is -0.380. The molecule has 0 fully saturated rings. The number of rotatable bonds is 5. The summed E-state index contributed by atoms with van der Waals surface area (Å²) in [6.45, 7) is 8.27. The van der Waals surface area contributed by atoms with Gasteiger partial charge in [0.2, 0.25) is 0 Å². The Morgan fingerprint density at radius 1 is 1.32 bits per heavy atom. The smallest absolute Gasteiger partial charge is 0.160 e. The monoisotopic (exact) mass is 263 g/mol. The summed E-state index contributed by atoms with van der Waals surface area (Å²) >= 11 is 0. The highest BCUT2D eigenvalue weighted by atomic mass is 16.5. The zero-order chi connectivity index (χ0) is 13.9. The molecular weight excluding hydrogens is 238 g/mol. The van der Waals surface area contributed by atoms with Crippen LogP contribution in [0.4, 0.5) is 0 Å². The largest absolute Gasteiger partial charge is 0.371 e. The van der Waals surface area contributed by atoms with E-state index in [1.807, 2.05) is 0 Å². The minimum absolute atomic E-state index is 0.380. The predicted molar refractivity (Wildman–Crippen MR) is 76.1 cm³/mol. The van der Waals surface area contributed by atoms with Crippen molar-refractivity contribution in [3.05, 3.63) is 22.8 Å². The van der Waals surface area contributed by atoms with Crippen LogP contribution in [0.15, 0.2) is 0 Å². The number of hydrogen-bond donors (Lipinski definition) is 1. The van der Waals surface area contributed by atoms with Crippen LogP contribution in [0.25, 0.3) is 0 Å². The van der Waals surface area contributed by atoms with Crippen molar-refractivity contribution in [3.63, 3.8) is 0 Å². The number of ether oxygens (including phenoxy) is 1. The Bertz CT molecular complexity index is 441. The molecule has 0 radical (unpaired) electrons. The molecule has 0 saturated heterocycles. The van der Waals surface area contributed by atoms with E-state index in [1.54, 1.807) is 7.11 Å². The quantitative estimate of drug-likeness (QED) is 0.886. The van der Waals surface area contributed by atoms with Crippen molar-refractivity contribution in [2.45, 2.75) is 58.6 Å². The Labute approximate surface area is 116 Å². The molecule has 2 heterocycles. The van der Waals surface area contributed by atoms with E-state index >= 15 is 0 Å². The minimum Gasteiger partial charge on any atom is -0.371 e. The highest BCUT2D eigenvalue weighted by molar-refractivity contribution is 5.29. The van der Waals surface area contributed by atoms with E-state index in [1.165, 1.54) is 11.3 Å². The average molecular weight is 263 g/mol. The molecule has 0 saturated carbocycles. The van der Waals surface area contributed by atoms with E-state index in [9.17, 15) is 0 Å². The summed E-state index contributed by atoms with van der Waals surface area (Å²) in [4.78, 5) is 9.60. The Morgan fingerprint density at radius 2 is 2.11 bits per heavy atom. The summed E-state index contributed by atoms with van der Waals surface area (Å²) in [6, 6.07) is 0. The van der Waals surface area contributed by atoms with Gasteiger partial charge < -0.3 is 10.1 Å². The molecule has 19 heavy (non-hydrogen) atoms. The molecule has 4 nitrogen and oxygen atoms in total. The molecule has 0 bridgehead atoms. The maximum atomic E-state index is 5.65. The molecule has 2 rings (SSSR count). The second-order valence-electron chi connectivity index (χ2n) is 5.38. The van der Waals surface area contributed by atoms with E-state index in [0.29, 0.717) is 0 Å². The first-order valence-electron chi connectivity index (χ1n) is 7.29. The predicted octanol–water partition coefficient (Wildman–Crippen LogP) is 2.35. The van der Waals surface area contributed by atoms with E-state index in [0.717, 1.165) is 50.3 Å². The summed E-state index contributed by atoms with van der Waals surface area (Å²) in [5.74, 6) is 0.836. The molecule has 0 amide bonds. The average Bonchev–Trinajstić information content (AvgIpc) is 2.46. The van der Waals surface area contributed by atoms with Gasteiger partial charge in [0.1, 0.15) is 5.60 Å². The maximum absolute atomic E-state index is 5.65. The number of hydrogen-bond acceptors (Lipinski definition) is 4. The SMILES string of the molecule is CCCc1nc(C(C)(CC)OC)nc2c1CCNC2. The van der Waals surface area contributed by atoms with Crippen molar-refractivity contribution < 1.29 is 4.74 Å². The Morgan fingerprint density at radius 3 is 2.74 bits per heavy atom. The van der Waals surface area contributed by atoms with Crippen molar-refractivity contribution in [3.8, 4) is 0 Å². The van der Waals surface area contributed by atoms with Crippen LogP contribution in [0.3, 0.4) is 0 Å². The molecule has 1 atom stereocenters. The lowest BCUT2D eigenvalue weighted by Gasteiger charge is -2.28. The normalized spacial score (nSPS) is 17.9. The number of aromatic nitrogens is 2. The molecule has 0 aliphatic carbocycles. The Kier molecular flexibility index (Phi) is 4.53. The van der Waals surface area contributed by atoms with Gasteiger partial charge in [-0.25, -0.2) is 9.97 Å². The number of methoxy groups -OCH3 is 1. The summed E-state index contributed by atoms with van der Waals surface area (Å²) in [5.41, 5.74) is 3.37. The van der Waals surface area contributed by atoms with E-state index in [2.05, 4.69) is 26.1 Å². The van der Waals surface area contributed by atoms with Crippen molar-refractivity contribution in [1.82, 2.24) is 15.3 Å². The lowest BCUT2D eigenvalue weighted by atomic mass is 9.98. The van der Waals surface area contributed by atoms with Gasteiger partial charge in [-0.3, -0.25) is 0 Å². The summed E-state index contributed by atoms with van der Waals surface area (Å²) in [6.07, 6.45) is 4.07. The van der Waals surface area contributed by atoms with Gasteiger partial charge in [0.05, 0.1) is 5.69 Å². The zero-order valence-electron chi connectivity index (χ0n) is 12.5. The molecule has 1 N–H and O–H groups in total. The Balaban J connectivity index is 2.48. The van der Waals surface area contributed by atoms with Crippen LogP contribution in [-0.2, 0) is 29.7 Å². The third-order valence-corrected chi connectivity index (χ3v) is 4.11. The first kappa shape index (κ1) is 14.4. The fraction of sp³-hybridized carbons (Fsp3) is 0.733. The maximum Gasteiger partial charge on any atom is 0.160 e. The van der Waals surface area contributed by atoms with Crippen LogP contribution in [0.5, 0.6) is 0 Å². The number of aryl methyl sites for hydroxylation is 1. The van der Waals surface area contributed by atoms with Crippen molar-refractivity contribution >= 4 is 0 Å². The fourth-order valence-electron chi connectivity index (χ4n) is 2.51. The van der Waals surface area contributed by atoms with Crippen LogP contribution in [-0.4, -0.2) is 23.6 Å². The highest BCUT2D eigenvalue weighted by Gasteiger charge is 2.30. The second kappa shape index (κ2) is 5.97. The van der Waals surface area contributed by atoms with Crippen molar-refractivity contribution in [2.75, 3.05) is 13.7 Å². The van der Waals surface area contributed by atoms with Gasteiger partial charge in [-0.1, -0.05) is 20.3 Å². The summed E-state index contributed by atoms with van der Waals surface area (Å²) in [7, 11) is 1.74. The standard InChI is InChI=1S/C15H25N3O/c1-5-7-12-11-8-9-16-10-13(11)18-14(17-12)15(3,6-2)19-4/h16H,5-10H2,1-4H3. The molecule has 4 heteroatoms. The molecule has 106 valence electrons. The third kappa shape index (κ3) is 2.79. The molecule has 1 aliphatic heterocycles. The van der Waals surface area contributed by atoms with E-state index in [-0.39, 0.29) is 5.60 Å². The van der Waals surface area contributed by atoms with Gasteiger partial charge >= 0.3 is 0 Å². The van der Waals surface area contributed by atoms with Gasteiger partial charge in [-0.05, 0) is 38.3 Å².